The maximum Gasteiger partial charge on any atom is 0.242 e. The summed E-state index contributed by atoms with van der Waals surface area (Å²) in [6.07, 6.45) is 1.69. The van der Waals surface area contributed by atoms with Crippen molar-refractivity contribution >= 4 is 24.1 Å². The Hall–Kier alpha value is -1.11. The second-order valence-electron chi connectivity index (χ2n) is 3.87. The van der Waals surface area contributed by atoms with E-state index in [0.29, 0.717) is 25.3 Å². The lowest BCUT2D eigenvalue weighted by Gasteiger charge is -2.11. The van der Waals surface area contributed by atoms with Crippen molar-refractivity contribution in [3.8, 4) is 0 Å². The summed E-state index contributed by atoms with van der Waals surface area (Å²) in [4.78, 5) is 11.8. The highest BCUT2D eigenvalue weighted by Gasteiger charge is 2.28. The van der Waals surface area contributed by atoms with Gasteiger partial charge < -0.3 is 15.7 Å². The SMILES string of the molecule is CCn1nccc1NC(=O)[C@H]1C[C@H](O)CN1.Cl. The summed E-state index contributed by atoms with van der Waals surface area (Å²) in [5.41, 5.74) is 0. The Morgan fingerprint density at radius 1 is 1.76 bits per heavy atom. The van der Waals surface area contributed by atoms with Gasteiger partial charge in [-0.2, -0.15) is 5.10 Å². The van der Waals surface area contributed by atoms with Crippen LogP contribution in [0, 0.1) is 0 Å². The molecule has 1 amide bonds. The molecule has 1 aromatic heterocycles. The fourth-order valence-corrected chi connectivity index (χ4v) is 1.82. The number of aliphatic hydroxyl groups is 1. The number of aromatic nitrogens is 2. The fraction of sp³-hybridized carbons (Fsp3) is 0.600. The first kappa shape index (κ1) is 14.0. The van der Waals surface area contributed by atoms with Gasteiger partial charge in [0.05, 0.1) is 18.3 Å². The molecule has 6 nitrogen and oxygen atoms in total. The van der Waals surface area contributed by atoms with Crippen molar-refractivity contribution in [2.75, 3.05) is 11.9 Å². The average Bonchev–Trinajstić information content (AvgIpc) is 2.86. The number of carbonyl (C=O) groups excluding carboxylic acids is 1. The van der Waals surface area contributed by atoms with E-state index in [9.17, 15) is 9.90 Å². The molecule has 7 heteroatoms. The Balaban J connectivity index is 0.00000144. The molecule has 0 bridgehead atoms. The molecule has 3 N–H and O–H groups in total. The van der Waals surface area contributed by atoms with Crippen molar-refractivity contribution in [3.63, 3.8) is 0 Å². The molecule has 0 aromatic carbocycles. The second-order valence-corrected chi connectivity index (χ2v) is 3.87. The van der Waals surface area contributed by atoms with Crippen molar-refractivity contribution in [1.82, 2.24) is 15.1 Å². The summed E-state index contributed by atoms with van der Waals surface area (Å²) in [5, 5.41) is 19.1. The van der Waals surface area contributed by atoms with Crippen molar-refractivity contribution in [3.05, 3.63) is 12.3 Å². The molecule has 2 rings (SSSR count). The molecule has 0 radical (unpaired) electrons. The summed E-state index contributed by atoms with van der Waals surface area (Å²) >= 11 is 0. The van der Waals surface area contributed by atoms with Crippen LogP contribution >= 0.6 is 12.4 Å². The monoisotopic (exact) mass is 260 g/mol. The van der Waals surface area contributed by atoms with Crippen LogP contribution in [0.25, 0.3) is 0 Å². The van der Waals surface area contributed by atoms with E-state index in [2.05, 4.69) is 15.7 Å². The molecule has 0 aliphatic carbocycles. The third kappa shape index (κ3) is 3.18. The quantitative estimate of drug-likeness (QED) is 0.714. The number of carbonyl (C=O) groups is 1. The zero-order chi connectivity index (χ0) is 11.5. The molecule has 0 saturated carbocycles. The Morgan fingerprint density at radius 2 is 2.53 bits per heavy atom. The molecule has 1 aromatic rings. The number of aliphatic hydroxyl groups excluding tert-OH is 1. The maximum atomic E-state index is 11.8. The predicted molar refractivity (Wildman–Crippen MR) is 66.2 cm³/mol. The average molecular weight is 261 g/mol. The van der Waals surface area contributed by atoms with E-state index in [4.69, 9.17) is 0 Å². The Labute approximate surface area is 106 Å². The number of rotatable bonds is 3. The molecule has 1 aliphatic rings. The van der Waals surface area contributed by atoms with Crippen LogP contribution in [-0.4, -0.2) is 39.5 Å². The van der Waals surface area contributed by atoms with Crippen molar-refractivity contribution < 1.29 is 9.90 Å². The van der Waals surface area contributed by atoms with Gasteiger partial charge in [0.1, 0.15) is 5.82 Å². The summed E-state index contributed by atoms with van der Waals surface area (Å²) in [6.45, 7) is 3.15. The van der Waals surface area contributed by atoms with Gasteiger partial charge in [0.25, 0.3) is 0 Å². The standard InChI is InChI=1S/C10H16N4O2.ClH/c1-2-14-9(3-4-12-14)13-10(16)8-5-7(15)6-11-8;/h3-4,7-8,11,15H,2,5-6H2,1H3,(H,13,16);1H/t7-,8+;/m0./s1. The van der Waals surface area contributed by atoms with Crippen LogP contribution in [-0.2, 0) is 11.3 Å². The summed E-state index contributed by atoms with van der Waals surface area (Å²) in [7, 11) is 0. The van der Waals surface area contributed by atoms with Crippen molar-refractivity contribution in [2.45, 2.75) is 32.0 Å². The summed E-state index contributed by atoms with van der Waals surface area (Å²) in [6, 6.07) is 1.45. The first-order chi connectivity index (χ1) is 7.70. The van der Waals surface area contributed by atoms with Crippen molar-refractivity contribution in [1.29, 1.82) is 0 Å². The summed E-state index contributed by atoms with van der Waals surface area (Å²) in [5.74, 6) is 0.572. The van der Waals surface area contributed by atoms with Gasteiger partial charge in [0.15, 0.2) is 0 Å². The first-order valence-corrected chi connectivity index (χ1v) is 5.45. The van der Waals surface area contributed by atoms with Gasteiger partial charge >= 0.3 is 0 Å². The van der Waals surface area contributed by atoms with E-state index in [1.165, 1.54) is 0 Å². The van der Waals surface area contributed by atoms with Gasteiger partial charge in [-0.15, -0.1) is 12.4 Å². The van der Waals surface area contributed by atoms with Crippen LogP contribution in [0.4, 0.5) is 5.82 Å². The second kappa shape index (κ2) is 6.00. The Kier molecular flexibility index (Phi) is 4.92. The van der Waals surface area contributed by atoms with Gasteiger partial charge in [0, 0.05) is 19.2 Å². The number of aryl methyl sites for hydroxylation is 1. The fourth-order valence-electron chi connectivity index (χ4n) is 1.82. The Bertz CT molecular complexity index is 382. The minimum Gasteiger partial charge on any atom is -0.392 e. The molecule has 1 fully saturated rings. The Morgan fingerprint density at radius 3 is 3.12 bits per heavy atom. The molecule has 1 saturated heterocycles. The third-order valence-corrected chi connectivity index (χ3v) is 2.69. The topological polar surface area (TPSA) is 79.2 Å². The molecular formula is C10H17ClN4O2. The van der Waals surface area contributed by atoms with Crippen LogP contribution in [0.1, 0.15) is 13.3 Å². The van der Waals surface area contributed by atoms with Crippen LogP contribution in [0.2, 0.25) is 0 Å². The zero-order valence-corrected chi connectivity index (χ0v) is 10.4. The van der Waals surface area contributed by atoms with E-state index in [1.807, 2.05) is 6.92 Å². The third-order valence-electron chi connectivity index (χ3n) is 2.69. The maximum absolute atomic E-state index is 11.8. The molecular weight excluding hydrogens is 244 g/mol. The normalized spacial score (nSPS) is 23.2. The number of hydrogen-bond donors (Lipinski definition) is 3. The van der Waals surface area contributed by atoms with Gasteiger partial charge in [-0.25, -0.2) is 4.68 Å². The number of halogens is 1. The molecule has 1 aliphatic heterocycles. The minimum atomic E-state index is -0.424. The van der Waals surface area contributed by atoms with E-state index < -0.39 is 6.10 Å². The van der Waals surface area contributed by atoms with Crippen LogP contribution in [0.3, 0.4) is 0 Å². The van der Waals surface area contributed by atoms with Gasteiger partial charge in [0.2, 0.25) is 5.91 Å². The van der Waals surface area contributed by atoms with Gasteiger partial charge in [-0.3, -0.25) is 4.79 Å². The lowest BCUT2D eigenvalue weighted by molar-refractivity contribution is -0.118. The highest BCUT2D eigenvalue weighted by molar-refractivity contribution is 5.94. The molecule has 2 heterocycles. The largest absolute Gasteiger partial charge is 0.392 e. The molecule has 2 atom stereocenters. The highest BCUT2D eigenvalue weighted by atomic mass is 35.5. The zero-order valence-electron chi connectivity index (χ0n) is 9.59. The van der Waals surface area contributed by atoms with Crippen LogP contribution < -0.4 is 10.6 Å². The van der Waals surface area contributed by atoms with Gasteiger partial charge in [-0.05, 0) is 13.3 Å². The number of nitrogens with one attached hydrogen (secondary N) is 2. The molecule has 0 unspecified atom stereocenters. The van der Waals surface area contributed by atoms with E-state index in [1.54, 1.807) is 16.9 Å². The summed E-state index contributed by atoms with van der Waals surface area (Å²) < 4.78 is 1.71. The molecule has 0 spiro atoms. The predicted octanol–water partition coefficient (Wildman–Crippen LogP) is -0.0139. The number of hydrogen-bond acceptors (Lipinski definition) is 4. The first-order valence-electron chi connectivity index (χ1n) is 5.45. The number of amides is 1. The van der Waals surface area contributed by atoms with Crippen LogP contribution in [0.15, 0.2) is 12.3 Å². The van der Waals surface area contributed by atoms with Crippen molar-refractivity contribution in [2.24, 2.45) is 0 Å². The highest BCUT2D eigenvalue weighted by Crippen LogP contribution is 2.11. The van der Waals surface area contributed by atoms with E-state index in [0.717, 1.165) is 0 Å². The van der Waals surface area contributed by atoms with Gasteiger partial charge in [-0.1, -0.05) is 0 Å². The lowest BCUT2D eigenvalue weighted by atomic mass is 10.2. The van der Waals surface area contributed by atoms with E-state index in [-0.39, 0.29) is 24.4 Å². The smallest absolute Gasteiger partial charge is 0.242 e. The lowest BCUT2D eigenvalue weighted by Crippen LogP contribution is -2.36. The molecule has 17 heavy (non-hydrogen) atoms. The number of nitrogens with zero attached hydrogens (tertiary/aromatic N) is 2. The van der Waals surface area contributed by atoms with E-state index >= 15 is 0 Å². The van der Waals surface area contributed by atoms with Crippen LogP contribution in [0.5, 0.6) is 0 Å². The molecule has 96 valence electrons. The number of β-amino-alcohol motifs (C(OH)–C–C–N with tert-alkyl or cyclic N) is 1. The minimum absolute atomic E-state index is 0. The number of anilines is 1.